The third-order valence-corrected chi connectivity index (χ3v) is 4.87. The number of nitrogens with one attached hydrogen (secondary N) is 1. The van der Waals surface area contributed by atoms with Crippen LogP contribution in [0.4, 0.5) is 0 Å². The van der Waals surface area contributed by atoms with Crippen molar-refractivity contribution in [3.63, 3.8) is 0 Å². The lowest BCUT2D eigenvalue weighted by atomic mass is 10.1. The van der Waals surface area contributed by atoms with E-state index in [1.807, 2.05) is 12.1 Å². The Morgan fingerprint density at radius 3 is 2.88 bits per heavy atom. The van der Waals surface area contributed by atoms with E-state index >= 15 is 0 Å². The summed E-state index contributed by atoms with van der Waals surface area (Å²) in [6.07, 6.45) is 2.68. The van der Waals surface area contributed by atoms with Crippen LogP contribution in [-0.2, 0) is 17.9 Å². The van der Waals surface area contributed by atoms with Crippen molar-refractivity contribution in [2.24, 2.45) is 0 Å². The maximum absolute atomic E-state index is 6.09. The van der Waals surface area contributed by atoms with Crippen LogP contribution >= 0.6 is 15.9 Å². The van der Waals surface area contributed by atoms with Crippen LogP contribution in [0.15, 0.2) is 46.9 Å². The number of ether oxygens (including phenoxy) is 2. The first-order valence-corrected chi connectivity index (χ1v) is 9.30. The molecule has 1 aliphatic rings. The second-order valence-corrected chi connectivity index (χ2v) is 7.15. The maximum Gasteiger partial charge on any atom is 0.124 e. The molecule has 1 heterocycles. The molecule has 3 nitrogen and oxygen atoms in total. The van der Waals surface area contributed by atoms with Crippen molar-refractivity contribution in [1.29, 1.82) is 0 Å². The summed E-state index contributed by atoms with van der Waals surface area (Å²) in [4.78, 5) is 0. The van der Waals surface area contributed by atoms with Gasteiger partial charge >= 0.3 is 0 Å². The Kier molecular flexibility index (Phi) is 6.30. The van der Waals surface area contributed by atoms with Gasteiger partial charge < -0.3 is 14.8 Å². The van der Waals surface area contributed by atoms with Gasteiger partial charge in [-0.15, -0.1) is 0 Å². The Balaban J connectivity index is 1.60. The van der Waals surface area contributed by atoms with Crippen molar-refractivity contribution in [2.45, 2.75) is 39.0 Å². The van der Waals surface area contributed by atoms with E-state index in [2.05, 4.69) is 58.5 Å². The van der Waals surface area contributed by atoms with E-state index in [0.717, 1.165) is 41.9 Å². The number of halogens is 1. The number of hydrogen-bond donors (Lipinski definition) is 1. The van der Waals surface area contributed by atoms with Crippen molar-refractivity contribution in [3.05, 3.63) is 63.6 Å². The fraction of sp³-hybridized carbons (Fsp3) is 0.400. The summed E-state index contributed by atoms with van der Waals surface area (Å²) < 4.78 is 12.8. The van der Waals surface area contributed by atoms with Crippen LogP contribution in [0, 0.1) is 6.92 Å². The third kappa shape index (κ3) is 4.82. The van der Waals surface area contributed by atoms with Gasteiger partial charge in [0.15, 0.2) is 0 Å². The van der Waals surface area contributed by atoms with E-state index in [1.165, 1.54) is 17.5 Å². The molecule has 2 aromatic rings. The zero-order valence-electron chi connectivity index (χ0n) is 14.1. The highest BCUT2D eigenvalue weighted by atomic mass is 79.9. The second kappa shape index (κ2) is 8.65. The summed E-state index contributed by atoms with van der Waals surface area (Å²) in [7, 11) is 0. The van der Waals surface area contributed by atoms with Gasteiger partial charge in [0.05, 0.1) is 6.10 Å². The standard InChI is InChI=1S/C20H24BrNO2/c1-15-5-2-3-6-16(15)14-24-20-9-8-18(21)11-17(20)12-22-13-19-7-4-10-23-19/h2-3,5-6,8-9,11,19,22H,4,7,10,12-14H2,1H3. The SMILES string of the molecule is Cc1ccccc1COc1ccc(Br)cc1CNCC1CCCO1. The first kappa shape index (κ1) is 17.5. The molecule has 0 aliphatic carbocycles. The monoisotopic (exact) mass is 389 g/mol. The summed E-state index contributed by atoms with van der Waals surface area (Å²) in [5, 5.41) is 3.49. The molecule has 1 saturated heterocycles. The second-order valence-electron chi connectivity index (χ2n) is 6.23. The van der Waals surface area contributed by atoms with Crippen LogP contribution in [0.3, 0.4) is 0 Å². The Labute approximate surface area is 152 Å². The summed E-state index contributed by atoms with van der Waals surface area (Å²) in [6.45, 7) is 5.28. The molecule has 0 saturated carbocycles. The maximum atomic E-state index is 6.09. The van der Waals surface area contributed by atoms with E-state index in [9.17, 15) is 0 Å². The topological polar surface area (TPSA) is 30.5 Å². The fourth-order valence-electron chi connectivity index (χ4n) is 2.93. The van der Waals surface area contributed by atoms with Crippen LogP contribution in [0.1, 0.15) is 29.5 Å². The van der Waals surface area contributed by atoms with Crippen molar-refractivity contribution >= 4 is 15.9 Å². The lowest BCUT2D eigenvalue weighted by molar-refractivity contribution is 0.110. The molecule has 1 N–H and O–H groups in total. The van der Waals surface area contributed by atoms with Gasteiger partial charge in [-0.1, -0.05) is 40.2 Å². The van der Waals surface area contributed by atoms with E-state index in [4.69, 9.17) is 9.47 Å². The molecule has 0 aromatic heterocycles. The minimum absolute atomic E-state index is 0.355. The molecule has 0 radical (unpaired) electrons. The Morgan fingerprint density at radius 2 is 2.08 bits per heavy atom. The first-order valence-electron chi connectivity index (χ1n) is 8.50. The molecule has 2 aromatic carbocycles. The van der Waals surface area contributed by atoms with Crippen molar-refractivity contribution in [1.82, 2.24) is 5.32 Å². The molecule has 0 amide bonds. The highest BCUT2D eigenvalue weighted by molar-refractivity contribution is 9.10. The summed E-state index contributed by atoms with van der Waals surface area (Å²) in [5.74, 6) is 0.932. The molecule has 1 fully saturated rings. The number of rotatable bonds is 7. The molecule has 1 unspecified atom stereocenters. The smallest absolute Gasteiger partial charge is 0.124 e. The lowest BCUT2D eigenvalue weighted by Crippen LogP contribution is -2.26. The molecule has 1 aliphatic heterocycles. The zero-order valence-corrected chi connectivity index (χ0v) is 15.6. The third-order valence-electron chi connectivity index (χ3n) is 4.38. The summed E-state index contributed by atoms with van der Waals surface area (Å²) in [5.41, 5.74) is 3.64. The normalized spacial score (nSPS) is 17.2. The molecular weight excluding hydrogens is 366 g/mol. The minimum atomic E-state index is 0.355. The van der Waals surface area contributed by atoms with E-state index in [-0.39, 0.29) is 0 Å². The van der Waals surface area contributed by atoms with Gasteiger partial charge in [0, 0.05) is 29.7 Å². The van der Waals surface area contributed by atoms with Crippen LogP contribution in [0.5, 0.6) is 5.75 Å². The van der Waals surface area contributed by atoms with Gasteiger partial charge in [-0.3, -0.25) is 0 Å². The average molecular weight is 390 g/mol. The van der Waals surface area contributed by atoms with E-state index in [0.29, 0.717) is 12.7 Å². The molecular formula is C20H24BrNO2. The predicted molar refractivity (Wildman–Crippen MR) is 100 cm³/mol. The van der Waals surface area contributed by atoms with Crippen LogP contribution in [0.25, 0.3) is 0 Å². The van der Waals surface area contributed by atoms with Crippen molar-refractivity contribution < 1.29 is 9.47 Å². The highest BCUT2D eigenvalue weighted by Gasteiger charge is 2.15. The fourth-order valence-corrected chi connectivity index (χ4v) is 3.34. The first-order chi connectivity index (χ1) is 11.7. The van der Waals surface area contributed by atoms with Crippen molar-refractivity contribution in [2.75, 3.05) is 13.2 Å². The molecule has 0 bridgehead atoms. The van der Waals surface area contributed by atoms with Gasteiger partial charge in [-0.2, -0.15) is 0 Å². The van der Waals surface area contributed by atoms with Crippen molar-refractivity contribution in [3.8, 4) is 5.75 Å². The van der Waals surface area contributed by atoms with Gasteiger partial charge in [-0.25, -0.2) is 0 Å². The van der Waals surface area contributed by atoms with Gasteiger partial charge in [0.2, 0.25) is 0 Å². The summed E-state index contributed by atoms with van der Waals surface area (Å²) >= 11 is 3.55. The van der Waals surface area contributed by atoms with E-state index < -0.39 is 0 Å². The van der Waals surface area contributed by atoms with Crippen LogP contribution in [0.2, 0.25) is 0 Å². The Morgan fingerprint density at radius 1 is 1.21 bits per heavy atom. The van der Waals surface area contributed by atoms with E-state index in [1.54, 1.807) is 0 Å². The highest BCUT2D eigenvalue weighted by Crippen LogP contribution is 2.24. The molecule has 0 spiro atoms. The quantitative estimate of drug-likeness (QED) is 0.749. The Bertz CT molecular complexity index is 668. The van der Waals surface area contributed by atoms with Gasteiger partial charge in [-0.05, 0) is 49.1 Å². The van der Waals surface area contributed by atoms with Gasteiger partial charge in [0.25, 0.3) is 0 Å². The van der Waals surface area contributed by atoms with Gasteiger partial charge in [0.1, 0.15) is 12.4 Å². The lowest BCUT2D eigenvalue weighted by Gasteiger charge is -2.15. The molecule has 24 heavy (non-hydrogen) atoms. The Hall–Kier alpha value is -1.36. The number of benzene rings is 2. The summed E-state index contributed by atoms with van der Waals surface area (Å²) in [6, 6.07) is 14.5. The predicted octanol–water partition coefficient (Wildman–Crippen LogP) is 4.61. The molecule has 3 rings (SSSR count). The average Bonchev–Trinajstić information content (AvgIpc) is 3.09. The van der Waals surface area contributed by atoms with Crippen LogP contribution in [-0.4, -0.2) is 19.3 Å². The molecule has 1 atom stereocenters. The molecule has 128 valence electrons. The minimum Gasteiger partial charge on any atom is -0.489 e. The largest absolute Gasteiger partial charge is 0.489 e. The number of aryl methyl sites for hydroxylation is 1. The number of hydrogen-bond acceptors (Lipinski definition) is 3. The van der Waals surface area contributed by atoms with Crippen LogP contribution < -0.4 is 10.1 Å². The molecule has 4 heteroatoms. The zero-order chi connectivity index (χ0) is 16.8.